The number of hydrogen-bond acceptors (Lipinski definition) is 5. The van der Waals surface area contributed by atoms with E-state index in [1.807, 2.05) is 6.07 Å². The first-order chi connectivity index (χ1) is 7.83. The lowest BCUT2D eigenvalue weighted by atomic mass is 10.0. The van der Waals surface area contributed by atoms with Crippen molar-refractivity contribution in [3.63, 3.8) is 0 Å². The first-order valence-electron chi connectivity index (χ1n) is 5.23. The predicted octanol–water partition coefficient (Wildman–Crippen LogP) is 0.118. The second-order valence-corrected chi connectivity index (χ2v) is 3.88. The largest absolute Gasteiger partial charge is 0.308 e. The summed E-state index contributed by atoms with van der Waals surface area (Å²) in [5.41, 5.74) is 1.61. The minimum Gasteiger partial charge on any atom is -0.308 e. The number of hydrogen-bond donors (Lipinski definition) is 1. The van der Waals surface area contributed by atoms with Gasteiger partial charge in [0.05, 0.1) is 11.7 Å². The van der Waals surface area contributed by atoms with Crippen LogP contribution in [0.2, 0.25) is 0 Å². The van der Waals surface area contributed by atoms with Crippen LogP contribution in [0, 0.1) is 0 Å². The van der Waals surface area contributed by atoms with Crippen molar-refractivity contribution in [2.45, 2.75) is 18.9 Å². The number of piperidine rings is 1. The molecule has 2 aromatic heterocycles. The van der Waals surface area contributed by atoms with E-state index in [4.69, 9.17) is 0 Å². The highest BCUT2D eigenvalue weighted by molar-refractivity contribution is 5.80. The van der Waals surface area contributed by atoms with Gasteiger partial charge in [0.15, 0.2) is 5.65 Å². The maximum Gasteiger partial charge on any atom is 0.158 e. The number of fused-ring (bicyclic) bond motifs is 1. The summed E-state index contributed by atoms with van der Waals surface area (Å²) in [6, 6.07) is 1.88. The maximum absolute atomic E-state index is 11.4. The Kier molecular flexibility index (Phi) is 2.14. The van der Waals surface area contributed by atoms with Crippen LogP contribution in [0.25, 0.3) is 5.65 Å². The standard InChI is InChI=1S/C10H11N5O/c16-7-1-2-11-8(3-7)9-4-10-12-5-14-15(10)6-13-9/h4-6,8,11H,1-3H2. The van der Waals surface area contributed by atoms with Crippen LogP contribution in [0.3, 0.4) is 0 Å². The molecule has 0 aliphatic carbocycles. The Bertz CT molecular complexity index is 535. The highest BCUT2D eigenvalue weighted by atomic mass is 16.1. The van der Waals surface area contributed by atoms with E-state index in [1.165, 1.54) is 6.33 Å². The average molecular weight is 217 g/mol. The third kappa shape index (κ3) is 1.57. The molecule has 1 N–H and O–H groups in total. The summed E-state index contributed by atoms with van der Waals surface area (Å²) in [6.07, 6.45) is 4.24. The van der Waals surface area contributed by atoms with E-state index in [-0.39, 0.29) is 11.8 Å². The molecular formula is C10H11N5O. The van der Waals surface area contributed by atoms with Crippen LogP contribution in [-0.4, -0.2) is 31.9 Å². The number of Topliss-reactive ketones (excluding diaryl/α,β-unsaturated/α-hetero) is 1. The molecule has 0 spiro atoms. The summed E-state index contributed by atoms with van der Waals surface area (Å²) < 4.78 is 1.61. The molecule has 6 nitrogen and oxygen atoms in total. The molecule has 16 heavy (non-hydrogen) atoms. The number of nitrogens with one attached hydrogen (secondary N) is 1. The first kappa shape index (κ1) is 9.41. The molecule has 82 valence electrons. The number of carbonyl (C=O) groups is 1. The van der Waals surface area contributed by atoms with Crippen molar-refractivity contribution in [3.8, 4) is 0 Å². The van der Waals surface area contributed by atoms with E-state index >= 15 is 0 Å². The fraction of sp³-hybridized carbons (Fsp3) is 0.400. The number of carbonyl (C=O) groups excluding carboxylic acids is 1. The van der Waals surface area contributed by atoms with Gasteiger partial charge in [-0.1, -0.05) is 0 Å². The van der Waals surface area contributed by atoms with Gasteiger partial charge in [-0.25, -0.2) is 14.5 Å². The smallest absolute Gasteiger partial charge is 0.158 e. The zero-order valence-electron chi connectivity index (χ0n) is 8.63. The van der Waals surface area contributed by atoms with Crippen molar-refractivity contribution < 1.29 is 4.79 Å². The Labute approximate surface area is 91.7 Å². The molecule has 0 radical (unpaired) electrons. The summed E-state index contributed by atoms with van der Waals surface area (Å²) in [5.74, 6) is 0.284. The Morgan fingerprint density at radius 3 is 3.25 bits per heavy atom. The number of ketones is 1. The van der Waals surface area contributed by atoms with Crippen LogP contribution in [-0.2, 0) is 4.79 Å². The van der Waals surface area contributed by atoms with Crippen LogP contribution in [0.1, 0.15) is 24.6 Å². The highest BCUT2D eigenvalue weighted by Crippen LogP contribution is 2.19. The Morgan fingerprint density at radius 2 is 2.38 bits per heavy atom. The van der Waals surface area contributed by atoms with Crippen molar-refractivity contribution in [1.29, 1.82) is 0 Å². The van der Waals surface area contributed by atoms with Crippen LogP contribution < -0.4 is 5.32 Å². The molecule has 1 atom stereocenters. The van der Waals surface area contributed by atoms with E-state index in [2.05, 4.69) is 20.4 Å². The minimum absolute atomic E-state index is 0.0166. The molecule has 1 unspecified atom stereocenters. The quantitative estimate of drug-likeness (QED) is 0.734. The molecule has 0 saturated carbocycles. The van der Waals surface area contributed by atoms with Crippen molar-refractivity contribution in [2.75, 3.05) is 6.54 Å². The average Bonchev–Trinajstić information content (AvgIpc) is 2.75. The van der Waals surface area contributed by atoms with Gasteiger partial charge in [0, 0.05) is 25.5 Å². The fourth-order valence-corrected chi connectivity index (χ4v) is 1.93. The third-order valence-corrected chi connectivity index (χ3v) is 2.78. The zero-order valence-corrected chi connectivity index (χ0v) is 8.63. The molecule has 1 saturated heterocycles. The van der Waals surface area contributed by atoms with E-state index in [0.29, 0.717) is 12.8 Å². The fourth-order valence-electron chi connectivity index (χ4n) is 1.93. The molecule has 3 heterocycles. The molecule has 6 heteroatoms. The van der Waals surface area contributed by atoms with E-state index in [1.54, 1.807) is 10.8 Å². The van der Waals surface area contributed by atoms with E-state index in [0.717, 1.165) is 17.9 Å². The summed E-state index contributed by atoms with van der Waals surface area (Å²) in [5, 5.41) is 7.26. The molecule has 3 rings (SSSR count). The molecule has 1 aliphatic rings. The van der Waals surface area contributed by atoms with Crippen LogP contribution in [0.15, 0.2) is 18.7 Å². The lowest BCUT2D eigenvalue weighted by molar-refractivity contribution is -0.120. The summed E-state index contributed by atoms with van der Waals surface area (Å²) in [6.45, 7) is 0.725. The molecule has 1 aliphatic heterocycles. The summed E-state index contributed by atoms with van der Waals surface area (Å²) >= 11 is 0. The van der Waals surface area contributed by atoms with Crippen LogP contribution in [0.4, 0.5) is 0 Å². The van der Waals surface area contributed by atoms with E-state index in [9.17, 15) is 4.79 Å². The van der Waals surface area contributed by atoms with Crippen LogP contribution in [0.5, 0.6) is 0 Å². The minimum atomic E-state index is 0.0166. The van der Waals surface area contributed by atoms with Gasteiger partial charge in [0.2, 0.25) is 0 Å². The molecule has 1 fully saturated rings. The highest BCUT2D eigenvalue weighted by Gasteiger charge is 2.21. The number of aromatic nitrogens is 4. The van der Waals surface area contributed by atoms with Gasteiger partial charge >= 0.3 is 0 Å². The second kappa shape index (κ2) is 3.64. The Balaban J connectivity index is 1.95. The van der Waals surface area contributed by atoms with Crippen molar-refractivity contribution in [2.24, 2.45) is 0 Å². The van der Waals surface area contributed by atoms with E-state index < -0.39 is 0 Å². The van der Waals surface area contributed by atoms with Gasteiger partial charge in [-0.3, -0.25) is 4.79 Å². The molecular weight excluding hydrogens is 206 g/mol. The zero-order chi connectivity index (χ0) is 11.0. The summed E-state index contributed by atoms with van der Waals surface area (Å²) in [4.78, 5) is 19.7. The van der Waals surface area contributed by atoms with Gasteiger partial charge in [-0.15, -0.1) is 0 Å². The third-order valence-electron chi connectivity index (χ3n) is 2.78. The lowest BCUT2D eigenvalue weighted by Gasteiger charge is -2.21. The molecule has 0 bridgehead atoms. The van der Waals surface area contributed by atoms with Crippen LogP contribution >= 0.6 is 0 Å². The van der Waals surface area contributed by atoms with Gasteiger partial charge in [-0.2, -0.15) is 5.10 Å². The normalized spacial score (nSPS) is 21.5. The van der Waals surface area contributed by atoms with Gasteiger partial charge in [0.25, 0.3) is 0 Å². The van der Waals surface area contributed by atoms with Crippen molar-refractivity contribution in [1.82, 2.24) is 24.9 Å². The molecule has 0 aromatic carbocycles. The van der Waals surface area contributed by atoms with Gasteiger partial charge < -0.3 is 5.32 Å². The second-order valence-electron chi connectivity index (χ2n) is 3.88. The summed E-state index contributed by atoms with van der Waals surface area (Å²) in [7, 11) is 0. The first-order valence-corrected chi connectivity index (χ1v) is 5.23. The van der Waals surface area contributed by atoms with Gasteiger partial charge in [0.1, 0.15) is 18.4 Å². The number of rotatable bonds is 1. The molecule has 2 aromatic rings. The SMILES string of the molecule is O=C1CCNC(c2cc3ncnn3cn2)C1. The predicted molar refractivity (Wildman–Crippen MR) is 55.8 cm³/mol. The Morgan fingerprint density at radius 1 is 1.44 bits per heavy atom. The lowest BCUT2D eigenvalue weighted by Crippen LogP contribution is -2.32. The monoisotopic (exact) mass is 217 g/mol. The van der Waals surface area contributed by atoms with Crippen molar-refractivity contribution >= 4 is 11.4 Å². The maximum atomic E-state index is 11.4. The topological polar surface area (TPSA) is 72.2 Å². The van der Waals surface area contributed by atoms with Crippen molar-refractivity contribution in [3.05, 3.63) is 24.4 Å². The Hall–Kier alpha value is -1.82. The van der Waals surface area contributed by atoms with Gasteiger partial charge in [-0.05, 0) is 0 Å². The molecule has 0 amide bonds. The number of nitrogens with zero attached hydrogens (tertiary/aromatic N) is 4.